The summed E-state index contributed by atoms with van der Waals surface area (Å²) in [6, 6.07) is 10.2. The van der Waals surface area contributed by atoms with Gasteiger partial charge in [0.1, 0.15) is 0 Å². The van der Waals surface area contributed by atoms with Gasteiger partial charge in [-0.05, 0) is 25.3 Å². The quantitative estimate of drug-likeness (QED) is 0.769. The Labute approximate surface area is 138 Å². The topological polar surface area (TPSA) is 57.7 Å². The molecule has 1 heterocycles. The van der Waals surface area contributed by atoms with Crippen LogP contribution in [0.25, 0.3) is 0 Å². The van der Waals surface area contributed by atoms with E-state index in [0.29, 0.717) is 26.2 Å². The molecule has 126 valence electrons. The molecule has 5 nitrogen and oxygen atoms in total. The van der Waals surface area contributed by atoms with Gasteiger partial charge in [0.15, 0.2) is 0 Å². The molecule has 0 bridgehead atoms. The molecule has 0 atom stereocenters. The fourth-order valence-electron chi connectivity index (χ4n) is 2.60. The third kappa shape index (κ3) is 5.48. The molecule has 0 aliphatic carbocycles. The van der Waals surface area contributed by atoms with Crippen molar-refractivity contribution in [1.29, 1.82) is 0 Å². The van der Waals surface area contributed by atoms with E-state index in [0.717, 1.165) is 18.4 Å². The molecule has 1 saturated heterocycles. The Hall–Kier alpha value is -1.66. The molecule has 1 aliphatic rings. The zero-order valence-corrected chi connectivity index (χ0v) is 14.6. The summed E-state index contributed by atoms with van der Waals surface area (Å²) in [7, 11) is -3.16. The molecule has 2 rings (SSSR count). The van der Waals surface area contributed by atoms with Crippen LogP contribution in [0.15, 0.2) is 42.0 Å². The van der Waals surface area contributed by atoms with Gasteiger partial charge in [-0.3, -0.25) is 4.79 Å². The summed E-state index contributed by atoms with van der Waals surface area (Å²) in [6.45, 7) is 3.62. The second-order valence-corrected chi connectivity index (χ2v) is 7.95. The number of carbonyl (C=O) groups is 1. The van der Waals surface area contributed by atoms with Crippen molar-refractivity contribution in [3.8, 4) is 0 Å². The number of hydrogen-bond donors (Lipinski definition) is 0. The smallest absolute Gasteiger partial charge is 0.246 e. The van der Waals surface area contributed by atoms with Crippen molar-refractivity contribution < 1.29 is 13.2 Å². The lowest BCUT2D eigenvalue weighted by Gasteiger charge is -2.32. The molecule has 0 aromatic heterocycles. The number of piperazine rings is 1. The summed E-state index contributed by atoms with van der Waals surface area (Å²) < 4.78 is 24.4. The Bertz CT molecular complexity index is 660. The van der Waals surface area contributed by atoms with Crippen LogP contribution in [0.3, 0.4) is 0 Å². The number of allylic oxidation sites excluding steroid dienone is 1. The Morgan fingerprint density at radius 1 is 1.13 bits per heavy atom. The number of sulfonamides is 1. The van der Waals surface area contributed by atoms with Gasteiger partial charge < -0.3 is 4.90 Å². The average molecular weight is 336 g/mol. The van der Waals surface area contributed by atoms with Crippen molar-refractivity contribution in [3.63, 3.8) is 0 Å². The normalized spacial score (nSPS) is 17.3. The molecule has 0 saturated carbocycles. The summed E-state index contributed by atoms with van der Waals surface area (Å²) in [5.74, 6) is -0.0243. The Kier molecular flexibility index (Phi) is 5.96. The SMILES string of the molecule is C/C(=C\C(=O)N1CCN(S(C)(=O)=O)CC1)CCc1ccccc1. The Balaban J connectivity index is 1.84. The van der Waals surface area contributed by atoms with Crippen molar-refractivity contribution in [2.24, 2.45) is 0 Å². The molecule has 23 heavy (non-hydrogen) atoms. The minimum atomic E-state index is -3.16. The zero-order chi connectivity index (χ0) is 16.9. The van der Waals surface area contributed by atoms with Crippen molar-refractivity contribution in [2.75, 3.05) is 32.4 Å². The summed E-state index contributed by atoms with van der Waals surface area (Å²) in [6.07, 6.45) is 4.65. The molecular formula is C17H24N2O3S. The van der Waals surface area contributed by atoms with Crippen molar-refractivity contribution in [2.45, 2.75) is 19.8 Å². The van der Waals surface area contributed by atoms with Gasteiger partial charge in [-0.25, -0.2) is 8.42 Å². The van der Waals surface area contributed by atoms with Crippen molar-refractivity contribution >= 4 is 15.9 Å². The number of rotatable bonds is 5. The number of nitrogens with zero attached hydrogens (tertiary/aromatic N) is 2. The van der Waals surface area contributed by atoms with E-state index in [2.05, 4.69) is 12.1 Å². The van der Waals surface area contributed by atoms with Gasteiger partial charge in [-0.1, -0.05) is 35.9 Å². The number of aryl methyl sites for hydroxylation is 1. The number of hydrogen-bond acceptors (Lipinski definition) is 3. The standard InChI is InChI=1S/C17H24N2O3S/c1-15(8-9-16-6-4-3-5-7-16)14-17(20)18-10-12-19(13-11-18)23(2,21)22/h3-7,14H,8-13H2,1-2H3/b15-14+. The molecule has 0 spiro atoms. The van der Waals surface area contributed by atoms with Crippen LogP contribution in [0.2, 0.25) is 0 Å². The molecule has 1 aromatic carbocycles. The first-order valence-electron chi connectivity index (χ1n) is 7.81. The maximum Gasteiger partial charge on any atom is 0.246 e. The predicted molar refractivity (Wildman–Crippen MR) is 91.5 cm³/mol. The lowest BCUT2D eigenvalue weighted by Crippen LogP contribution is -2.49. The van der Waals surface area contributed by atoms with Crippen molar-refractivity contribution in [1.82, 2.24) is 9.21 Å². The molecular weight excluding hydrogens is 312 g/mol. The van der Waals surface area contributed by atoms with E-state index in [9.17, 15) is 13.2 Å². The minimum Gasteiger partial charge on any atom is -0.337 e. The highest BCUT2D eigenvalue weighted by molar-refractivity contribution is 7.88. The second-order valence-electron chi connectivity index (χ2n) is 5.96. The largest absolute Gasteiger partial charge is 0.337 e. The van der Waals surface area contributed by atoms with Crippen LogP contribution in [-0.4, -0.2) is 56.0 Å². The molecule has 0 N–H and O–H groups in total. The van der Waals surface area contributed by atoms with E-state index in [1.807, 2.05) is 25.1 Å². The van der Waals surface area contributed by atoms with E-state index in [-0.39, 0.29) is 5.91 Å². The predicted octanol–water partition coefficient (Wildman–Crippen LogP) is 1.67. The molecule has 6 heteroatoms. The monoisotopic (exact) mass is 336 g/mol. The lowest BCUT2D eigenvalue weighted by atomic mass is 10.1. The van der Waals surface area contributed by atoms with Gasteiger partial charge in [0.05, 0.1) is 6.26 Å². The Morgan fingerprint density at radius 3 is 2.30 bits per heavy atom. The van der Waals surface area contributed by atoms with E-state index in [1.54, 1.807) is 11.0 Å². The van der Waals surface area contributed by atoms with E-state index in [4.69, 9.17) is 0 Å². The van der Waals surface area contributed by atoms with Gasteiger partial charge in [0, 0.05) is 32.3 Å². The number of carbonyl (C=O) groups excluding carboxylic acids is 1. The summed E-state index contributed by atoms with van der Waals surface area (Å²) in [5, 5.41) is 0. The fraction of sp³-hybridized carbons (Fsp3) is 0.471. The summed E-state index contributed by atoms with van der Waals surface area (Å²) >= 11 is 0. The van der Waals surface area contributed by atoms with Gasteiger partial charge >= 0.3 is 0 Å². The number of benzene rings is 1. The first kappa shape index (κ1) is 17.7. The van der Waals surface area contributed by atoms with Crippen LogP contribution in [0.5, 0.6) is 0 Å². The maximum absolute atomic E-state index is 12.3. The molecule has 1 amide bonds. The van der Waals surface area contributed by atoms with Gasteiger partial charge in [-0.15, -0.1) is 0 Å². The van der Waals surface area contributed by atoms with E-state index < -0.39 is 10.0 Å². The minimum absolute atomic E-state index is 0.0243. The molecule has 0 unspecified atom stereocenters. The summed E-state index contributed by atoms with van der Waals surface area (Å²) in [5.41, 5.74) is 2.30. The third-order valence-corrected chi connectivity index (χ3v) is 5.34. The highest BCUT2D eigenvalue weighted by Crippen LogP contribution is 2.11. The average Bonchev–Trinajstić information content (AvgIpc) is 2.53. The first-order chi connectivity index (χ1) is 10.9. The molecule has 1 aromatic rings. The van der Waals surface area contributed by atoms with Crippen LogP contribution in [0, 0.1) is 0 Å². The summed E-state index contributed by atoms with van der Waals surface area (Å²) in [4.78, 5) is 14.0. The van der Waals surface area contributed by atoms with E-state index in [1.165, 1.54) is 16.1 Å². The van der Waals surface area contributed by atoms with Crippen molar-refractivity contribution in [3.05, 3.63) is 47.5 Å². The van der Waals surface area contributed by atoms with Crippen LogP contribution < -0.4 is 0 Å². The highest BCUT2D eigenvalue weighted by atomic mass is 32.2. The van der Waals surface area contributed by atoms with Crippen LogP contribution in [0.4, 0.5) is 0 Å². The molecule has 1 fully saturated rings. The second kappa shape index (κ2) is 7.75. The molecule has 0 radical (unpaired) electrons. The highest BCUT2D eigenvalue weighted by Gasteiger charge is 2.25. The lowest BCUT2D eigenvalue weighted by molar-refractivity contribution is -0.127. The van der Waals surface area contributed by atoms with Crippen LogP contribution in [0.1, 0.15) is 18.9 Å². The molecule has 1 aliphatic heterocycles. The van der Waals surface area contributed by atoms with Crippen LogP contribution in [-0.2, 0) is 21.2 Å². The first-order valence-corrected chi connectivity index (χ1v) is 9.66. The third-order valence-electron chi connectivity index (χ3n) is 4.04. The maximum atomic E-state index is 12.3. The Morgan fingerprint density at radius 2 is 1.74 bits per heavy atom. The van der Waals surface area contributed by atoms with Crippen LogP contribution >= 0.6 is 0 Å². The fourth-order valence-corrected chi connectivity index (χ4v) is 3.43. The van der Waals surface area contributed by atoms with Gasteiger partial charge in [0.25, 0.3) is 0 Å². The zero-order valence-electron chi connectivity index (χ0n) is 13.7. The van der Waals surface area contributed by atoms with E-state index >= 15 is 0 Å². The van der Waals surface area contributed by atoms with Gasteiger partial charge in [0.2, 0.25) is 15.9 Å². The van der Waals surface area contributed by atoms with Gasteiger partial charge in [-0.2, -0.15) is 4.31 Å². The number of amides is 1.